The lowest BCUT2D eigenvalue weighted by Crippen LogP contribution is -2.41. The Labute approximate surface area is 245 Å². The second kappa shape index (κ2) is 26.1. The standard InChI is InChI=1S/C32H62N2O6/c1-5-6-7-17-21-24-30(37)39-25-22-19-16-14-12-10-8-9-11-13-15-18-20-23-29(36)33-26-28(35)27-34-31(38)40-32(2,3)4/h28,35H,5-27H2,1-4H3,(H,33,36)(H,34,38). The summed E-state index contributed by atoms with van der Waals surface area (Å²) in [7, 11) is 0. The molecule has 2 amide bonds. The first-order valence-electron chi connectivity index (χ1n) is 16.2. The van der Waals surface area contributed by atoms with Crippen molar-refractivity contribution >= 4 is 18.0 Å². The molecule has 8 nitrogen and oxygen atoms in total. The summed E-state index contributed by atoms with van der Waals surface area (Å²) in [5.74, 6) is -0.0913. The van der Waals surface area contributed by atoms with Crippen molar-refractivity contribution in [3.05, 3.63) is 0 Å². The van der Waals surface area contributed by atoms with Gasteiger partial charge in [-0.1, -0.05) is 103 Å². The second-order valence-electron chi connectivity index (χ2n) is 12.1. The van der Waals surface area contributed by atoms with Crippen molar-refractivity contribution in [1.82, 2.24) is 10.6 Å². The summed E-state index contributed by atoms with van der Waals surface area (Å²) in [6, 6.07) is 0. The molecule has 8 heteroatoms. The number of nitrogens with one attached hydrogen (secondary N) is 2. The fraction of sp³-hybridized carbons (Fsp3) is 0.906. The monoisotopic (exact) mass is 570 g/mol. The van der Waals surface area contributed by atoms with Crippen LogP contribution in [-0.4, -0.2) is 54.5 Å². The average Bonchev–Trinajstić information content (AvgIpc) is 2.89. The molecule has 1 atom stereocenters. The molecule has 0 radical (unpaired) electrons. The van der Waals surface area contributed by atoms with Gasteiger partial charge in [-0.05, 0) is 40.0 Å². The number of aliphatic hydroxyl groups is 1. The van der Waals surface area contributed by atoms with E-state index in [2.05, 4.69) is 17.6 Å². The van der Waals surface area contributed by atoms with Crippen LogP contribution in [0.25, 0.3) is 0 Å². The van der Waals surface area contributed by atoms with Crippen LogP contribution in [0.15, 0.2) is 0 Å². The molecule has 0 saturated heterocycles. The van der Waals surface area contributed by atoms with Gasteiger partial charge in [-0.3, -0.25) is 9.59 Å². The van der Waals surface area contributed by atoms with Gasteiger partial charge in [0.15, 0.2) is 0 Å². The van der Waals surface area contributed by atoms with Crippen LogP contribution in [0.4, 0.5) is 4.79 Å². The molecule has 0 aromatic rings. The number of alkyl carbamates (subject to hydrolysis) is 1. The summed E-state index contributed by atoms with van der Waals surface area (Å²) in [6.45, 7) is 8.25. The summed E-state index contributed by atoms with van der Waals surface area (Å²) in [5.41, 5.74) is -0.586. The Morgan fingerprint density at radius 1 is 0.650 bits per heavy atom. The lowest BCUT2D eigenvalue weighted by molar-refractivity contribution is -0.143. The van der Waals surface area contributed by atoms with Crippen molar-refractivity contribution in [3.63, 3.8) is 0 Å². The molecule has 40 heavy (non-hydrogen) atoms. The molecule has 0 fully saturated rings. The first-order valence-corrected chi connectivity index (χ1v) is 16.2. The minimum atomic E-state index is -0.845. The lowest BCUT2D eigenvalue weighted by Gasteiger charge is -2.20. The number of esters is 1. The van der Waals surface area contributed by atoms with Crippen LogP contribution in [0, 0.1) is 0 Å². The molecule has 0 aromatic heterocycles. The Hall–Kier alpha value is -1.83. The third-order valence-corrected chi connectivity index (χ3v) is 6.71. The quantitative estimate of drug-likeness (QED) is 0.0740. The first kappa shape index (κ1) is 38.2. The van der Waals surface area contributed by atoms with Crippen molar-refractivity contribution in [1.29, 1.82) is 0 Å². The van der Waals surface area contributed by atoms with Gasteiger partial charge in [-0.2, -0.15) is 0 Å². The van der Waals surface area contributed by atoms with Crippen LogP contribution in [-0.2, 0) is 19.1 Å². The van der Waals surface area contributed by atoms with Gasteiger partial charge in [0, 0.05) is 25.9 Å². The molecule has 0 rings (SSSR count). The number of hydrogen-bond donors (Lipinski definition) is 3. The Kier molecular flexibility index (Phi) is 24.9. The maximum Gasteiger partial charge on any atom is 0.407 e. The molecular formula is C32H62N2O6. The lowest BCUT2D eigenvalue weighted by atomic mass is 10.0. The number of unbranched alkanes of at least 4 members (excludes halogenated alkanes) is 16. The molecule has 0 aromatic carbocycles. The molecule has 0 saturated carbocycles. The van der Waals surface area contributed by atoms with Crippen molar-refractivity contribution in [3.8, 4) is 0 Å². The third kappa shape index (κ3) is 29.2. The van der Waals surface area contributed by atoms with Crippen LogP contribution in [0.1, 0.15) is 156 Å². The van der Waals surface area contributed by atoms with E-state index in [0.29, 0.717) is 19.4 Å². The zero-order valence-corrected chi connectivity index (χ0v) is 26.3. The third-order valence-electron chi connectivity index (χ3n) is 6.71. The predicted molar refractivity (Wildman–Crippen MR) is 162 cm³/mol. The fourth-order valence-corrected chi connectivity index (χ4v) is 4.37. The van der Waals surface area contributed by atoms with Gasteiger partial charge in [0.25, 0.3) is 0 Å². The van der Waals surface area contributed by atoms with Crippen LogP contribution in [0.2, 0.25) is 0 Å². The maximum atomic E-state index is 11.9. The van der Waals surface area contributed by atoms with E-state index < -0.39 is 17.8 Å². The number of carbonyl (C=O) groups is 3. The minimum Gasteiger partial charge on any atom is -0.466 e. The van der Waals surface area contributed by atoms with Gasteiger partial charge in [0.2, 0.25) is 5.91 Å². The normalized spacial score (nSPS) is 12.1. The zero-order valence-electron chi connectivity index (χ0n) is 26.3. The Morgan fingerprint density at radius 2 is 1.10 bits per heavy atom. The average molecular weight is 571 g/mol. The summed E-state index contributed by atoms with van der Waals surface area (Å²) >= 11 is 0. The summed E-state index contributed by atoms with van der Waals surface area (Å²) in [4.78, 5) is 35.2. The van der Waals surface area contributed by atoms with E-state index in [0.717, 1.165) is 44.9 Å². The van der Waals surface area contributed by atoms with Gasteiger partial charge >= 0.3 is 12.1 Å². The first-order chi connectivity index (χ1) is 19.1. The van der Waals surface area contributed by atoms with E-state index in [1.807, 2.05) is 0 Å². The number of hydrogen-bond acceptors (Lipinski definition) is 6. The number of amides is 2. The smallest absolute Gasteiger partial charge is 0.407 e. The fourth-order valence-electron chi connectivity index (χ4n) is 4.37. The summed E-state index contributed by atoms with van der Waals surface area (Å²) in [6.07, 6.45) is 20.7. The number of carbonyl (C=O) groups excluding carboxylic acids is 3. The molecule has 0 aliphatic heterocycles. The highest BCUT2D eigenvalue weighted by Crippen LogP contribution is 2.13. The summed E-state index contributed by atoms with van der Waals surface area (Å²) < 4.78 is 10.4. The van der Waals surface area contributed by atoms with E-state index in [9.17, 15) is 19.5 Å². The molecule has 0 aliphatic carbocycles. The van der Waals surface area contributed by atoms with Gasteiger partial charge < -0.3 is 25.2 Å². The Bertz CT molecular complexity index is 635. The largest absolute Gasteiger partial charge is 0.466 e. The van der Waals surface area contributed by atoms with Crippen molar-refractivity contribution in [2.75, 3.05) is 19.7 Å². The Morgan fingerprint density at radius 3 is 1.62 bits per heavy atom. The molecule has 0 aliphatic rings. The van der Waals surface area contributed by atoms with Crippen LogP contribution in [0.3, 0.4) is 0 Å². The molecule has 1 unspecified atom stereocenters. The Balaban J connectivity index is 3.36. The van der Waals surface area contributed by atoms with Gasteiger partial charge in [0.05, 0.1) is 12.7 Å². The van der Waals surface area contributed by atoms with Crippen molar-refractivity contribution in [2.45, 2.75) is 168 Å². The molecular weight excluding hydrogens is 508 g/mol. The number of aliphatic hydroxyl groups excluding tert-OH is 1. The SMILES string of the molecule is CCCCCCCC(=O)OCCCCCCCCCCCCCCCC(=O)NCC(O)CNC(=O)OC(C)(C)C. The zero-order chi connectivity index (χ0) is 29.9. The van der Waals surface area contributed by atoms with Crippen LogP contribution in [0.5, 0.6) is 0 Å². The second-order valence-corrected chi connectivity index (χ2v) is 12.1. The van der Waals surface area contributed by atoms with Crippen LogP contribution >= 0.6 is 0 Å². The molecule has 0 heterocycles. The number of ether oxygens (including phenoxy) is 2. The predicted octanol–water partition coefficient (Wildman–Crippen LogP) is 7.35. The van der Waals surface area contributed by atoms with E-state index >= 15 is 0 Å². The summed E-state index contributed by atoms with van der Waals surface area (Å²) in [5, 5.41) is 15.1. The number of rotatable bonds is 26. The van der Waals surface area contributed by atoms with Gasteiger partial charge in [0.1, 0.15) is 5.60 Å². The van der Waals surface area contributed by atoms with E-state index in [1.165, 1.54) is 70.6 Å². The topological polar surface area (TPSA) is 114 Å². The molecule has 0 bridgehead atoms. The highest BCUT2D eigenvalue weighted by Gasteiger charge is 2.17. The minimum absolute atomic E-state index is 0.0269. The van der Waals surface area contributed by atoms with Gasteiger partial charge in [-0.15, -0.1) is 0 Å². The van der Waals surface area contributed by atoms with E-state index in [1.54, 1.807) is 20.8 Å². The van der Waals surface area contributed by atoms with E-state index in [4.69, 9.17) is 9.47 Å². The van der Waals surface area contributed by atoms with Gasteiger partial charge in [-0.25, -0.2) is 4.79 Å². The molecule has 236 valence electrons. The highest BCUT2D eigenvalue weighted by molar-refractivity contribution is 5.75. The van der Waals surface area contributed by atoms with Crippen molar-refractivity contribution in [2.24, 2.45) is 0 Å². The van der Waals surface area contributed by atoms with Crippen molar-refractivity contribution < 1.29 is 29.0 Å². The maximum absolute atomic E-state index is 11.9. The highest BCUT2D eigenvalue weighted by atomic mass is 16.6. The van der Waals surface area contributed by atoms with Crippen LogP contribution < -0.4 is 10.6 Å². The molecule has 3 N–H and O–H groups in total. The molecule has 0 spiro atoms. The van der Waals surface area contributed by atoms with E-state index in [-0.39, 0.29) is 25.0 Å².